The maximum absolute atomic E-state index is 12.0. The molecule has 96 valence electrons. The van der Waals surface area contributed by atoms with Gasteiger partial charge in [-0.25, -0.2) is 0 Å². The maximum atomic E-state index is 12.0. The normalized spacial score (nSPS) is 9.72. The van der Waals surface area contributed by atoms with Crippen LogP contribution in [0.15, 0.2) is 24.8 Å². The number of Topliss-reactive ketones (excluding diaryl/α,β-unsaturated/α-hetero) is 1. The van der Waals surface area contributed by atoms with Gasteiger partial charge >= 0.3 is 0 Å². The Morgan fingerprint density at radius 1 is 1.33 bits per heavy atom. The molecule has 0 atom stereocenters. The van der Waals surface area contributed by atoms with Crippen molar-refractivity contribution < 1.29 is 14.3 Å². The first-order valence-corrected chi connectivity index (χ1v) is 5.60. The van der Waals surface area contributed by atoms with Gasteiger partial charge in [-0.15, -0.1) is 6.58 Å². The summed E-state index contributed by atoms with van der Waals surface area (Å²) in [5.74, 6) is -0.842. The van der Waals surface area contributed by atoms with Gasteiger partial charge in [-0.1, -0.05) is 6.08 Å². The van der Waals surface area contributed by atoms with Crippen molar-refractivity contribution in [2.45, 2.75) is 13.8 Å². The van der Waals surface area contributed by atoms with Gasteiger partial charge in [-0.2, -0.15) is 0 Å². The van der Waals surface area contributed by atoms with Crippen molar-refractivity contribution in [1.82, 2.24) is 5.32 Å². The Morgan fingerprint density at radius 3 is 2.50 bits per heavy atom. The molecule has 0 saturated carbocycles. The van der Waals surface area contributed by atoms with Crippen LogP contribution in [0.4, 0.5) is 0 Å². The summed E-state index contributed by atoms with van der Waals surface area (Å²) in [6.07, 6.45) is 1.52. The summed E-state index contributed by atoms with van der Waals surface area (Å²) in [6, 6.07) is 3.42. The van der Waals surface area contributed by atoms with Gasteiger partial charge in [0.1, 0.15) is 5.75 Å². The highest BCUT2D eigenvalue weighted by molar-refractivity contribution is 6.43. The molecule has 1 amide bonds. The van der Waals surface area contributed by atoms with Crippen molar-refractivity contribution in [1.29, 1.82) is 0 Å². The smallest absolute Gasteiger partial charge is 0.292 e. The monoisotopic (exact) mass is 247 g/mol. The molecule has 0 saturated heterocycles. The SMILES string of the molecule is C=CCNC(=O)C(=O)c1cc(C)c(C)cc1OC. The van der Waals surface area contributed by atoms with Crippen LogP contribution in [0.3, 0.4) is 0 Å². The number of methoxy groups -OCH3 is 1. The Labute approximate surface area is 107 Å². The van der Waals surface area contributed by atoms with Crippen LogP contribution >= 0.6 is 0 Å². The van der Waals surface area contributed by atoms with Crippen LogP contribution in [-0.2, 0) is 4.79 Å². The maximum Gasteiger partial charge on any atom is 0.292 e. The minimum Gasteiger partial charge on any atom is -0.496 e. The summed E-state index contributed by atoms with van der Waals surface area (Å²) in [7, 11) is 1.47. The van der Waals surface area contributed by atoms with E-state index in [0.29, 0.717) is 5.75 Å². The predicted octanol–water partition coefficient (Wildman–Crippen LogP) is 1.80. The number of hydrogen-bond acceptors (Lipinski definition) is 3. The number of hydrogen-bond donors (Lipinski definition) is 1. The Bertz CT molecular complexity index is 492. The summed E-state index contributed by atoms with van der Waals surface area (Å²) >= 11 is 0. The lowest BCUT2D eigenvalue weighted by atomic mass is 10.0. The van der Waals surface area contributed by atoms with Crippen molar-refractivity contribution in [3.05, 3.63) is 41.5 Å². The molecule has 0 aliphatic heterocycles. The zero-order valence-electron chi connectivity index (χ0n) is 10.9. The second-order valence-electron chi connectivity index (χ2n) is 3.96. The summed E-state index contributed by atoms with van der Waals surface area (Å²) in [6.45, 7) is 7.54. The van der Waals surface area contributed by atoms with E-state index < -0.39 is 11.7 Å². The van der Waals surface area contributed by atoms with E-state index >= 15 is 0 Å². The third-order valence-corrected chi connectivity index (χ3v) is 2.67. The van der Waals surface area contributed by atoms with Crippen LogP contribution < -0.4 is 10.1 Å². The lowest BCUT2D eigenvalue weighted by Crippen LogP contribution is -2.31. The highest BCUT2D eigenvalue weighted by Crippen LogP contribution is 2.23. The van der Waals surface area contributed by atoms with E-state index in [0.717, 1.165) is 11.1 Å². The first kappa shape index (κ1) is 14.0. The van der Waals surface area contributed by atoms with Crippen LogP contribution in [0, 0.1) is 13.8 Å². The molecule has 1 aromatic carbocycles. The van der Waals surface area contributed by atoms with E-state index in [4.69, 9.17) is 4.74 Å². The van der Waals surface area contributed by atoms with Gasteiger partial charge in [0.15, 0.2) is 0 Å². The molecule has 18 heavy (non-hydrogen) atoms. The Morgan fingerprint density at radius 2 is 1.94 bits per heavy atom. The number of amides is 1. The Hall–Kier alpha value is -2.10. The van der Waals surface area contributed by atoms with E-state index in [1.807, 2.05) is 13.8 Å². The fraction of sp³-hybridized carbons (Fsp3) is 0.286. The number of carbonyl (C=O) groups excluding carboxylic acids is 2. The topological polar surface area (TPSA) is 55.4 Å². The number of carbonyl (C=O) groups is 2. The van der Waals surface area contributed by atoms with Gasteiger partial charge in [0.05, 0.1) is 12.7 Å². The van der Waals surface area contributed by atoms with E-state index in [-0.39, 0.29) is 12.1 Å². The van der Waals surface area contributed by atoms with Crippen molar-refractivity contribution in [3.63, 3.8) is 0 Å². The molecule has 0 aromatic heterocycles. The molecular formula is C14H17NO3. The van der Waals surface area contributed by atoms with E-state index in [1.165, 1.54) is 13.2 Å². The summed E-state index contributed by atoms with van der Waals surface area (Å²) in [4.78, 5) is 23.6. The molecule has 0 unspecified atom stereocenters. The van der Waals surface area contributed by atoms with Crippen molar-refractivity contribution in [3.8, 4) is 5.75 Å². The summed E-state index contributed by atoms with van der Waals surface area (Å²) in [5, 5.41) is 2.45. The van der Waals surface area contributed by atoms with Crippen LogP contribution in [0.2, 0.25) is 0 Å². The van der Waals surface area contributed by atoms with Crippen molar-refractivity contribution in [2.75, 3.05) is 13.7 Å². The second kappa shape index (κ2) is 6.00. The quantitative estimate of drug-likeness (QED) is 0.490. The summed E-state index contributed by atoms with van der Waals surface area (Å²) < 4.78 is 5.14. The second-order valence-corrected chi connectivity index (χ2v) is 3.96. The number of ketones is 1. The third-order valence-electron chi connectivity index (χ3n) is 2.67. The molecule has 4 heteroatoms. The van der Waals surface area contributed by atoms with E-state index in [2.05, 4.69) is 11.9 Å². The molecular weight excluding hydrogens is 230 g/mol. The van der Waals surface area contributed by atoms with Crippen LogP contribution in [-0.4, -0.2) is 25.3 Å². The van der Waals surface area contributed by atoms with Gasteiger partial charge in [0.2, 0.25) is 0 Å². The van der Waals surface area contributed by atoms with Crippen molar-refractivity contribution in [2.24, 2.45) is 0 Å². The Balaban J connectivity index is 3.08. The average molecular weight is 247 g/mol. The van der Waals surface area contributed by atoms with Crippen LogP contribution in [0.25, 0.3) is 0 Å². The number of rotatable bonds is 5. The molecule has 0 radical (unpaired) electrons. The largest absolute Gasteiger partial charge is 0.496 e. The van der Waals surface area contributed by atoms with Gasteiger partial charge in [0.25, 0.3) is 11.7 Å². The lowest BCUT2D eigenvalue weighted by Gasteiger charge is -2.10. The minimum absolute atomic E-state index is 0.262. The van der Waals surface area contributed by atoms with Gasteiger partial charge in [-0.3, -0.25) is 9.59 Å². The highest BCUT2D eigenvalue weighted by Gasteiger charge is 2.20. The Kier molecular flexibility index (Phi) is 4.66. The third kappa shape index (κ3) is 2.97. The zero-order valence-corrected chi connectivity index (χ0v) is 10.9. The molecule has 1 aromatic rings. The van der Waals surface area contributed by atoms with Gasteiger partial charge < -0.3 is 10.1 Å². The van der Waals surface area contributed by atoms with E-state index in [1.54, 1.807) is 12.1 Å². The fourth-order valence-electron chi connectivity index (χ4n) is 1.50. The molecule has 0 heterocycles. The van der Waals surface area contributed by atoms with Crippen molar-refractivity contribution >= 4 is 11.7 Å². The highest BCUT2D eigenvalue weighted by atomic mass is 16.5. The number of ether oxygens (including phenoxy) is 1. The van der Waals surface area contributed by atoms with Gasteiger partial charge in [-0.05, 0) is 37.1 Å². The first-order chi connectivity index (χ1) is 8.51. The molecule has 0 fully saturated rings. The number of nitrogens with one attached hydrogen (secondary N) is 1. The standard InChI is InChI=1S/C14H17NO3/c1-5-6-15-14(17)13(16)11-7-9(2)10(3)8-12(11)18-4/h5,7-8H,1,6H2,2-4H3,(H,15,17). The van der Waals surface area contributed by atoms with Crippen LogP contribution in [0.1, 0.15) is 21.5 Å². The molecule has 0 spiro atoms. The average Bonchev–Trinajstić information content (AvgIpc) is 2.37. The minimum atomic E-state index is -0.656. The van der Waals surface area contributed by atoms with Gasteiger partial charge in [0, 0.05) is 6.54 Å². The first-order valence-electron chi connectivity index (χ1n) is 5.60. The summed E-state index contributed by atoms with van der Waals surface area (Å²) in [5.41, 5.74) is 2.23. The molecule has 1 N–H and O–H groups in total. The molecule has 0 aliphatic carbocycles. The molecule has 4 nitrogen and oxygen atoms in total. The lowest BCUT2D eigenvalue weighted by molar-refractivity contribution is -0.116. The number of benzene rings is 1. The van der Waals surface area contributed by atoms with E-state index in [9.17, 15) is 9.59 Å². The zero-order chi connectivity index (χ0) is 13.7. The fourth-order valence-corrected chi connectivity index (χ4v) is 1.50. The molecule has 0 bridgehead atoms. The van der Waals surface area contributed by atoms with Crippen LogP contribution in [0.5, 0.6) is 5.75 Å². The molecule has 0 aliphatic rings. The number of aryl methyl sites for hydroxylation is 2. The predicted molar refractivity (Wildman–Crippen MR) is 70.0 cm³/mol. The molecule has 1 rings (SSSR count).